The zero-order valence-corrected chi connectivity index (χ0v) is 14.4. The number of hydrogen-bond acceptors (Lipinski definition) is 2. The van der Waals surface area contributed by atoms with E-state index in [0.29, 0.717) is 5.89 Å². The van der Waals surface area contributed by atoms with Gasteiger partial charge < -0.3 is 4.42 Å². The number of aryl methyl sites for hydroxylation is 1. The predicted octanol–water partition coefficient (Wildman–Crippen LogP) is 6.42. The van der Waals surface area contributed by atoms with E-state index in [0.717, 1.165) is 27.8 Å². The van der Waals surface area contributed by atoms with Crippen molar-refractivity contribution in [2.75, 3.05) is 0 Å². The molecule has 0 radical (unpaired) electrons. The van der Waals surface area contributed by atoms with Gasteiger partial charge in [-0.2, -0.15) is 0 Å². The third-order valence-corrected chi connectivity index (χ3v) is 4.58. The maximum atomic E-state index is 6.11. The lowest BCUT2D eigenvalue weighted by atomic mass is 9.96. The average Bonchev–Trinajstić information content (AvgIpc) is 3.07. The van der Waals surface area contributed by atoms with Crippen LogP contribution in [0.15, 0.2) is 71.7 Å². The molecular weight excluding hydrogens is 306 g/mol. The SMILES string of the molecule is C=Cc1cc(C)c2oc(-c3cccc(-c4ccccc4)c3C)nc2c1. The summed E-state index contributed by atoms with van der Waals surface area (Å²) in [6.07, 6.45) is 1.84. The highest BCUT2D eigenvalue weighted by molar-refractivity contribution is 5.83. The Balaban J connectivity index is 1.89. The first-order chi connectivity index (χ1) is 12.2. The monoisotopic (exact) mass is 325 g/mol. The van der Waals surface area contributed by atoms with Gasteiger partial charge in [-0.25, -0.2) is 4.98 Å². The van der Waals surface area contributed by atoms with Crippen LogP contribution in [-0.4, -0.2) is 4.98 Å². The van der Waals surface area contributed by atoms with E-state index in [2.05, 4.69) is 62.0 Å². The molecule has 0 aliphatic heterocycles. The van der Waals surface area contributed by atoms with Gasteiger partial charge in [0.05, 0.1) is 0 Å². The number of aromatic nitrogens is 1. The molecule has 0 saturated carbocycles. The molecule has 4 aromatic rings. The van der Waals surface area contributed by atoms with Gasteiger partial charge in [0.25, 0.3) is 0 Å². The average molecular weight is 325 g/mol. The standard InChI is InChI=1S/C23H19NO/c1-4-17-13-15(2)22-21(14-17)24-23(25-22)20-12-8-11-19(16(20)3)18-9-6-5-7-10-18/h4-14H,1H2,2-3H3. The van der Waals surface area contributed by atoms with E-state index in [1.807, 2.05) is 25.1 Å². The lowest BCUT2D eigenvalue weighted by molar-refractivity contribution is 0.617. The van der Waals surface area contributed by atoms with E-state index in [1.54, 1.807) is 0 Å². The zero-order chi connectivity index (χ0) is 17.4. The Morgan fingerprint density at radius 2 is 1.68 bits per heavy atom. The third kappa shape index (κ3) is 2.66. The minimum Gasteiger partial charge on any atom is -0.436 e. The number of fused-ring (bicyclic) bond motifs is 1. The molecular formula is C23H19NO. The maximum absolute atomic E-state index is 6.11. The number of hydrogen-bond donors (Lipinski definition) is 0. The Hall–Kier alpha value is -3.13. The first-order valence-electron chi connectivity index (χ1n) is 8.36. The van der Waals surface area contributed by atoms with Gasteiger partial charge in [-0.3, -0.25) is 0 Å². The van der Waals surface area contributed by atoms with Crippen molar-refractivity contribution in [2.24, 2.45) is 0 Å². The largest absolute Gasteiger partial charge is 0.436 e. The van der Waals surface area contributed by atoms with E-state index in [1.165, 1.54) is 16.7 Å². The summed E-state index contributed by atoms with van der Waals surface area (Å²) in [5, 5.41) is 0. The van der Waals surface area contributed by atoms with Crippen LogP contribution < -0.4 is 0 Å². The molecule has 0 unspecified atom stereocenters. The second-order valence-corrected chi connectivity index (χ2v) is 6.25. The summed E-state index contributed by atoms with van der Waals surface area (Å²) in [7, 11) is 0. The summed E-state index contributed by atoms with van der Waals surface area (Å²) in [4.78, 5) is 4.73. The molecule has 4 rings (SSSR count). The Labute approximate surface area is 147 Å². The van der Waals surface area contributed by atoms with Crippen molar-refractivity contribution in [3.8, 4) is 22.6 Å². The molecule has 0 spiro atoms. The number of oxazole rings is 1. The molecule has 2 nitrogen and oxygen atoms in total. The fraction of sp³-hybridized carbons (Fsp3) is 0.0870. The van der Waals surface area contributed by atoms with Crippen LogP contribution in [0.3, 0.4) is 0 Å². The molecule has 0 atom stereocenters. The maximum Gasteiger partial charge on any atom is 0.227 e. The van der Waals surface area contributed by atoms with Crippen molar-refractivity contribution in [1.29, 1.82) is 0 Å². The molecule has 122 valence electrons. The van der Waals surface area contributed by atoms with Crippen molar-refractivity contribution in [1.82, 2.24) is 4.98 Å². The van der Waals surface area contributed by atoms with Gasteiger partial charge in [0, 0.05) is 5.56 Å². The van der Waals surface area contributed by atoms with Crippen LogP contribution >= 0.6 is 0 Å². The van der Waals surface area contributed by atoms with Crippen molar-refractivity contribution >= 4 is 17.2 Å². The van der Waals surface area contributed by atoms with Gasteiger partial charge in [-0.05, 0) is 59.9 Å². The highest BCUT2D eigenvalue weighted by Gasteiger charge is 2.15. The van der Waals surface area contributed by atoms with Gasteiger partial charge in [0.1, 0.15) is 5.52 Å². The molecule has 25 heavy (non-hydrogen) atoms. The molecule has 3 aromatic carbocycles. The van der Waals surface area contributed by atoms with Crippen LogP contribution in [0.4, 0.5) is 0 Å². The summed E-state index contributed by atoms with van der Waals surface area (Å²) in [5.41, 5.74) is 8.42. The summed E-state index contributed by atoms with van der Waals surface area (Å²) in [5.74, 6) is 0.662. The molecule has 0 saturated heterocycles. The smallest absolute Gasteiger partial charge is 0.227 e. The molecule has 0 aliphatic rings. The molecule has 0 fully saturated rings. The Morgan fingerprint density at radius 3 is 2.44 bits per heavy atom. The summed E-state index contributed by atoms with van der Waals surface area (Å²) in [6, 6.07) is 20.7. The van der Waals surface area contributed by atoms with Crippen LogP contribution in [0, 0.1) is 13.8 Å². The highest BCUT2D eigenvalue weighted by atomic mass is 16.3. The molecule has 0 amide bonds. The van der Waals surface area contributed by atoms with E-state index < -0.39 is 0 Å². The first-order valence-corrected chi connectivity index (χ1v) is 8.36. The van der Waals surface area contributed by atoms with Crippen LogP contribution in [0.25, 0.3) is 39.8 Å². The van der Waals surface area contributed by atoms with Crippen molar-refractivity contribution in [2.45, 2.75) is 13.8 Å². The van der Waals surface area contributed by atoms with E-state index in [-0.39, 0.29) is 0 Å². The molecule has 0 bridgehead atoms. The lowest BCUT2D eigenvalue weighted by Crippen LogP contribution is -1.88. The fourth-order valence-electron chi connectivity index (χ4n) is 3.26. The molecule has 1 heterocycles. The van der Waals surface area contributed by atoms with Gasteiger partial charge in [0.2, 0.25) is 5.89 Å². The van der Waals surface area contributed by atoms with Crippen LogP contribution in [0.2, 0.25) is 0 Å². The van der Waals surface area contributed by atoms with Crippen LogP contribution in [0.1, 0.15) is 16.7 Å². The first kappa shape index (κ1) is 15.4. The predicted molar refractivity (Wildman–Crippen MR) is 104 cm³/mol. The quantitative estimate of drug-likeness (QED) is 0.434. The molecule has 0 N–H and O–H groups in total. The van der Waals surface area contributed by atoms with Gasteiger partial charge in [-0.1, -0.05) is 55.1 Å². The van der Waals surface area contributed by atoms with Gasteiger partial charge in [0.15, 0.2) is 5.58 Å². The number of rotatable bonds is 3. The normalized spacial score (nSPS) is 11.0. The summed E-state index contributed by atoms with van der Waals surface area (Å²) < 4.78 is 6.11. The number of nitrogens with zero attached hydrogens (tertiary/aromatic N) is 1. The van der Waals surface area contributed by atoms with Gasteiger partial charge >= 0.3 is 0 Å². The van der Waals surface area contributed by atoms with Crippen molar-refractivity contribution in [3.63, 3.8) is 0 Å². The van der Waals surface area contributed by atoms with Crippen LogP contribution in [0.5, 0.6) is 0 Å². The second-order valence-electron chi connectivity index (χ2n) is 6.25. The van der Waals surface area contributed by atoms with E-state index >= 15 is 0 Å². The second kappa shape index (κ2) is 6.06. The van der Waals surface area contributed by atoms with Crippen LogP contribution in [-0.2, 0) is 0 Å². The zero-order valence-electron chi connectivity index (χ0n) is 14.4. The van der Waals surface area contributed by atoms with Crippen molar-refractivity contribution < 1.29 is 4.42 Å². The van der Waals surface area contributed by atoms with E-state index in [9.17, 15) is 0 Å². The molecule has 0 aliphatic carbocycles. The number of benzene rings is 3. The fourth-order valence-corrected chi connectivity index (χ4v) is 3.26. The topological polar surface area (TPSA) is 26.0 Å². The highest BCUT2D eigenvalue weighted by Crippen LogP contribution is 2.33. The molecule has 1 aromatic heterocycles. The summed E-state index contributed by atoms with van der Waals surface area (Å²) >= 11 is 0. The Kier molecular flexibility index (Phi) is 3.73. The van der Waals surface area contributed by atoms with Crippen molar-refractivity contribution in [3.05, 3.63) is 83.9 Å². The minimum atomic E-state index is 0.662. The minimum absolute atomic E-state index is 0.662. The van der Waals surface area contributed by atoms with Gasteiger partial charge in [-0.15, -0.1) is 0 Å². The third-order valence-electron chi connectivity index (χ3n) is 4.58. The Morgan fingerprint density at radius 1 is 0.920 bits per heavy atom. The molecule has 2 heteroatoms. The summed E-state index contributed by atoms with van der Waals surface area (Å²) in [6.45, 7) is 8.00. The van der Waals surface area contributed by atoms with E-state index in [4.69, 9.17) is 9.40 Å². The Bertz CT molecular complexity index is 1070. The lowest BCUT2D eigenvalue weighted by Gasteiger charge is -2.09.